The molecule has 182 valence electrons. The highest BCUT2D eigenvalue weighted by Crippen LogP contribution is 2.47. The van der Waals surface area contributed by atoms with E-state index in [1.165, 1.54) is 9.96 Å². The molecule has 4 aliphatic heterocycles. The van der Waals surface area contributed by atoms with Crippen molar-refractivity contribution in [1.29, 1.82) is 0 Å². The molecule has 5 heterocycles. The number of rotatable bonds is 4. The third-order valence-corrected chi connectivity index (χ3v) is 6.41. The van der Waals surface area contributed by atoms with Crippen molar-refractivity contribution in [1.82, 2.24) is 5.06 Å². The molecule has 6 rings (SSSR count). The Morgan fingerprint density at radius 3 is 2.32 bits per heavy atom. The van der Waals surface area contributed by atoms with Crippen molar-refractivity contribution < 1.29 is 37.7 Å². The lowest BCUT2D eigenvalue weighted by Crippen LogP contribution is -2.45. The third-order valence-electron chi connectivity index (χ3n) is 6.41. The summed E-state index contributed by atoms with van der Waals surface area (Å²) in [6.07, 6.45) is -2.29. The van der Waals surface area contributed by atoms with Gasteiger partial charge in [0.15, 0.2) is 24.0 Å². The van der Waals surface area contributed by atoms with Gasteiger partial charge in [0, 0.05) is 5.69 Å². The Labute approximate surface area is 197 Å². The number of carbonyl (C=O) groups is 1. The SMILES string of the molecule is CC1(C)O[C@@H]2[C@H](O1)[C@H](N1OC(=O)N(c3ccccc3)C1c1ccco1)O[C@@H]2[C@H]1COC(C)(C)O1. The predicted octanol–water partition coefficient (Wildman–Crippen LogP) is 3.55. The highest BCUT2D eigenvalue weighted by Gasteiger charge is 2.63. The Kier molecular flexibility index (Phi) is 5.03. The number of furan rings is 1. The van der Waals surface area contributed by atoms with Crippen LogP contribution in [0.3, 0.4) is 0 Å². The van der Waals surface area contributed by atoms with E-state index in [2.05, 4.69) is 0 Å². The molecule has 1 unspecified atom stereocenters. The van der Waals surface area contributed by atoms with E-state index in [-0.39, 0.29) is 6.10 Å². The summed E-state index contributed by atoms with van der Waals surface area (Å²) < 4.78 is 36.6. The first kappa shape index (κ1) is 22.0. The summed E-state index contributed by atoms with van der Waals surface area (Å²) in [5.74, 6) is -1.04. The van der Waals surface area contributed by atoms with Gasteiger partial charge in [0.05, 0.1) is 12.9 Å². The van der Waals surface area contributed by atoms with E-state index in [1.807, 2.05) is 58.0 Å². The number of hydroxylamine groups is 2. The maximum absolute atomic E-state index is 13.1. The zero-order valence-corrected chi connectivity index (χ0v) is 19.5. The van der Waals surface area contributed by atoms with Crippen molar-refractivity contribution >= 4 is 11.8 Å². The summed E-state index contributed by atoms with van der Waals surface area (Å²) >= 11 is 0. The van der Waals surface area contributed by atoms with Crippen LogP contribution in [0, 0.1) is 0 Å². The predicted molar refractivity (Wildman–Crippen MR) is 116 cm³/mol. The molecule has 4 fully saturated rings. The number of hydrogen-bond donors (Lipinski definition) is 0. The van der Waals surface area contributed by atoms with E-state index in [9.17, 15) is 4.79 Å². The maximum atomic E-state index is 13.1. The van der Waals surface area contributed by atoms with E-state index < -0.39 is 48.4 Å². The normalized spacial score (nSPS) is 36.7. The molecule has 0 aliphatic carbocycles. The zero-order valence-electron chi connectivity index (χ0n) is 19.5. The standard InChI is InChI=1S/C24H28N2O8/c1-23(2)29-13-16(31-23)17-18-19(33-24(3,4)32-18)21(30-17)26-20(15-11-8-12-28-15)25(22(27)34-26)14-9-6-5-7-10-14/h5-12,16-21H,13H2,1-4H3/t16-,17-,18+,19+,20?,21-/m1/s1. The second-order valence-corrected chi connectivity index (χ2v) is 9.73. The summed E-state index contributed by atoms with van der Waals surface area (Å²) in [4.78, 5) is 20.5. The van der Waals surface area contributed by atoms with Crippen LogP contribution < -0.4 is 4.90 Å². The first-order valence-corrected chi connectivity index (χ1v) is 11.4. The molecule has 34 heavy (non-hydrogen) atoms. The number of anilines is 1. The number of benzene rings is 1. The summed E-state index contributed by atoms with van der Waals surface area (Å²) in [5.41, 5.74) is 0.667. The molecule has 1 aromatic heterocycles. The highest BCUT2D eigenvalue weighted by atomic mass is 16.8. The Balaban J connectivity index is 1.36. The molecule has 0 N–H and O–H groups in total. The van der Waals surface area contributed by atoms with Crippen molar-refractivity contribution in [3.8, 4) is 0 Å². The van der Waals surface area contributed by atoms with E-state index in [1.54, 1.807) is 18.4 Å². The molecule has 0 bridgehead atoms. The van der Waals surface area contributed by atoms with Crippen LogP contribution in [-0.4, -0.2) is 60.0 Å². The third kappa shape index (κ3) is 3.62. The second kappa shape index (κ2) is 7.77. The van der Waals surface area contributed by atoms with Crippen molar-refractivity contribution in [3.63, 3.8) is 0 Å². The van der Waals surface area contributed by atoms with E-state index in [0.717, 1.165) is 0 Å². The smallest absolute Gasteiger partial charge is 0.435 e. The molecule has 10 nitrogen and oxygen atoms in total. The molecule has 4 aliphatic rings. The molecule has 0 radical (unpaired) electrons. The van der Waals surface area contributed by atoms with Crippen molar-refractivity contribution in [3.05, 3.63) is 54.5 Å². The minimum Gasteiger partial charge on any atom is -0.466 e. The van der Waals surface area contributed by atoms with Gasteiger partial charge in [-0.05, 0) is 52.0 Å². The Hall–Kier alpha value is -2.47. The van der Waals surface area contributed by atoms with Crippen LogP contribution in [0.2, 0.25) is 0 Å². The lowest BCUT2D eigenvalue weighted by atomic mass is 10.1. The van der Waals surface area contributed by atoms with Crippen LogP contribution in [0.15, 0.2) is 53.1 Å². The van der Waals surface area contributed by atoms with Crippen molar-refractivity contribution in [2.24, 2.45) is 0 Å². The molecule has 1 amide bonds. The minimum atomic E-state index is -0.840. The summed E-state index contributed by atoms with van der Waals surface area (Å²) in [5, 5.41) is 1.50. The van der Waals surface area contributed by atoms with Gasteiger partial charge in [0.25, 0.3) is 0 Å². The summed E-state index contributed by atoms with van der Waals surface area (Å²) in [7, 11) is 0. The van der Waals surface area contributed by atoms with Crippen LogP contribution >= 0.6 is 0 Å². The van der Waals surface area contributed by atoms with Gasteiger partial charge in [-0.1, -0.05) is 23.3 Å². The molecule has 4 saturated heterocycles. The van der Waals surface area contributed by atoms with E-state index in [4.69, 9.17) is 32.9 Å². The quantitative estimate of drug-likeness (QED) is 0.662. The van der Waals surface area contributed by atoms with Gasteiger partial charge in [0.1, 0.15) is 30.2 Å². The van der Waals surface area contributed by atoms with E-state index in [0.29, 0.717) is 18.1 Å². The number of carbonyl (C=O) groups excluding carboxylic acids is 1. The molecule has 10 heteroatoms. The topological polar surface area (TPSA) is 92.1 Å². The van der Waals surface area contributed by atoms with E-state index >= 15 is 0 Å². The molecular formula is C24H28N2O8. The maximum Gasteiger partial charge on any atom is 0.435 e. The monoisotopic (exact) mass is 472 g/mol. The molecule has 6 atom stereocenters. The highest BCUT2D eigenvalue weighted by molar-refractivity contribution is 5.89. The van der Waals surface area contributed by atoms with Gasteiger partial charge < -0.3 is 32.9 Å². The van der Waals surface area contributed by atoms with Gasteiger partial charge >= 0.3 is 6.09 Å². The largest absolute Gasteiger partial charge is 0.466 e. The summed E-state index contributed by atoms with van der Waals surface area (Å²) in [6, 6.07) is 12.8. The average Bonchev–Trinajstić information content (AvgIpc) is 3.57. The fourth-order valence-corrected chi connectivity index (χ4v) is 5.10. The van der Waals surface area contributed by atoms with Crippen LogP contribution in [0.25, 0.3) is 0 Å². The van der Waals surface area contributed by atoms with Crippen LogP contribution in [0.4, 0.5) is 10.5 Å². The lowest BCUT2D eigenvalue weighted by molar-refractivity contribution is -0.270. The first-order valence-electron chi connectivity index (χ1n) is 11.4. The van der Waals surface area contributed by atoms with Crippen molar-refractivity contribution in [2.45, 2.75) is 76.1 Å². The number of para-hydroxylation sites is 1. The molecule has 2 aromatic rings. The molecule has 0 saturated carbocycles. The van der Waals surface area contributed by atoms with Crippen LogP contribution in [0.1, 0.15) is 39.6 Å². The molecular weight excluding hydrogens is 444 g/mol. The van der Waals surface area contributed by atoms with Gasteiger partial charge in [-0.15, -0.1) is 0 Å². The van der Waals surface area contributed by atoms with Crippen molar-refractivity contribution in [2.75, 3.05) is 11.5 Å². The Morgan fingerprint density at radius 2 is 1.65 bits per heavy atom. The second-order valence-electron chi connectivity index (χ2n) is 9.73. The Bertz CT molecular complexity index is 1040. The number of hydrogen-bond acceptors (Lipinski definition) is 9. The average molecular weight is 472 g/mol. The number of ether oxygens (including phenoxy) is 5. The lowest BCUT2D eigenvalue weighted by Gasteiger charge is -2.31. The van der Waals surface area contributed by atoms with Gasteiger partial charge in [-0.3, -0.25) is 0 Å². The van der Waals surface area contributed by atoms with Crippen LogP contribution in [0.5, 0.6) is 0 Å². The number of fused-ring (bicyclic) bond motifs is 1. The summed E-state index contributed by atoms with van der Waals surface area (Å²) in [6.45, 7) is 7.78. The minimum absolute atomic E-state index is 0.356. The Morgan fingerprint density at radius 1 is 0.882 bits per heavy atom. The molecule has 0 spiro atoms. The van der Waals surface area contributed by atoms with Gasteiger partial charge in [-0.25, -0.2) is 9.69 Å². The zero-order chi connectivity index (χ0) is 23.7. The fraction of sp³-hybridized carbons (Fsp3) is 0.542. The fourth-order valence-electron chi connectivity index (χ4n) is 5.10. The van der Waals surface area contributed by atoms with Gasteiger partial charge in [0.2, 0.25) is 0 Å². The first-order chi connectivity index (χ1) is 16.2. The van der Waals surface area contributed by atoms with Crippen LogP contribution in [-0.2, 0) is 28.5 Å². The van der Waals surface area contributed by atoms with Gasteiger partial charge in [-0.2, -0.15) is 0 Å². The number of amides is 1. The number of nitrogens with zero attached hydrogens (tertiary/aromatic N) is 2. The molecule has 1 aromatic carbocycles.